The second kappa shape index (κ2) is 7.20. The number of nitrogens with zero attached hydrogens (tertiary/aromatic N) is 1. The maximum absolute atomic E-state index is 11.6. The number of likely N-dealkylation sites (tertiary alicyclic amines) is 1. The van der Waals surface area contributed by atoms with Crippen LogP contribution in [-0.4, -0.2) is 65.7 Å². The summed E-state index contributed by atoms with van der Waals surface area (Å²) < 4.78 is 16.0. The number of rotatable bonds is 8. The minimum absolute atomic E-state index is 0.0785. The quantitative estimate of drug-likeness (QED) is 0.637. The third-order valence-electron chi connectivity index (χ3n) is 3.40. The Labute approximate surface area is 109 Å². The molecule has 0 aromatic carbocycles. The molecule has 1 aliphatic rings. The van der Waals surface area contributed by atoms with Gasteiger partial charge in [-0.15, -0.1) is 0 Å². The van der Waals surface area contributed by atoms with Gasteiger partial charge in [-0.3, -0.25) is 4.79 Å². The van der Waals surface area contributed by atoms with Gasteiger partial charge in [-0.1, -0.05) is 0 Å². The summed E-state index contributed by atoms with van der Waals surface area (Å²) in [4.78, 5) is 13.4. The van der Waals surface area contributed by atoms with E-state index in [2.05, 4.69) is 0 Å². The van der Waals surface area contributed by atoms with Gasteiger partial charge in [-0.25, -0.2) is 0 Å². The van der Waals surface area contributed by atoms with E-state index in [1.54, 1.807) is 26.2 Å². The fraction of sp³-hybridized carbons (Fsp3) is 0.909. The van der Waals surface area contributed by atoms with E-state index in [-0.39, 0.29) is 18.4 Å². The zero-order valence-corrected chi connectivity index (χ0v) is 12.3. The molecule has 1 heterocycles. The number of carbonyl (C=O) groups excluding carboxylic acids is 1. The Hall–Kier alpha value is -0.473. The number of aliphatic hydroxyl groups is 1. The van der Waals surface area contributed by atoms with Crippen molar-refractivity contribution in [3.8, 4) is 0 Å². The van der Waals surface area contributed by atoms with E-state index in [0.29, 0.717) is 25.6 Å². The molecule has 1 atom stereocenters. The summed E-state index contributed by atoms with van der Waals surface area (Å²) in [6, 6.07) is 0.685. The number of carbonyl (C=O) groups is 1. The Morgan fingerprint density at radius 3 is 2.39 bits per heavy atom. The Kier molecular flexibility index (Phi) is 6.23. The molecule has 0 bridgehead atoms. The minimum Gasteiger partial charge on any atom is -0.396 e. The SMILES string of the molecule is CO[Si](CCCN1CC(CO)CC1=O)(OC)OC. The Bertz CT molecular complexity index is 264. The normalized spacial score (nSPS) is 20.8. The summed E-state index contributed by atoms with van der Waals surface area (Å²) in [5, 5.41) is 9.04. The second-order valence-corrected chi connectivity index (χ2v) is 7.58. The topological polar surface area (TPSA) is 68.2 Å². The molecule has 0 spiro atoms. The molecule has 0 aromatic rings. The van der Waals surface area contributed by atoms with Crippen molar-refractivity contribution < 1.29 is 23.2 Å². The molecule has 0 radical (unpaired) electrons. The molecule has 1 aliphatic heterocycles. The zero-order valence-electron chi connectivity index (χ0n) is 11.3. The highest BCUT2D eigenvalue weighted by atomic mass is 28.4. The zero-order chi connectivity index (χ0) is 13.6. The maximum atomic E-state index is 11.6. The molecule has 1 N–H and O–H groups in total. The number of aliphatic hydroxyl groups excluding tert-OH is 1. The molecule has 1 fully saturated rings. The molecule has 18 heavy (non-hydrogen) atoms. The predicted octanol–water partition coefficient (Wildman–Crippen LogP) is 0.0954. The van der Waals surface area contributed by atoms with E-state index < -0.39 is 8.80 Å². The summed E-state index contributed by atoms with van der Waals surface area (Å²) in [5.74, 6) is 0.209. The van der Waals surface area contributed by atoms with Crippen molar-refractivity contribution in [2.45, 2.75) is 18.9 Å². The molecule has 0 saturated carbocycles. The van der Waals surface area contributed by atoms with Crippen LogP contribution in [0.2, 0.25) is 6.04 Å². The van der Waals surface area contributed by atoms with E-state index >= 15 is 0 Å². The number of amides is 1. The minimum atomic E-state index is -2.52. The largest absolute Gasteiger partial charge is 0.500 e. The molecular weight excluding hydrogens is 254 g/mol. The molecule has 0 aliphatic carbocycles. The highest BCUT2D eigenvalue weighted by Crippen LogP contribution is 2.20. The van der Waals surface area contributed by atoms with Gasteiger partial charge in [0, 0.05) is 59.4 Å². The van der Waals surface area contributed by atoms with Crippen LogP contribution in [0.25, 0.3) is 0 Å². The molecule has 1 saturated heterocycles. The summed E-state index contributed by atoms with van der Waals surface area (Å²) in [7, 11) is 2.23. The molecule has 1 amide bonds. The Morgan fingerprint density at radius 1 is 1.33 bits per heavy atom. The van der Waals surface area contributed by atoms with Crippen molar-refractivity contribution in [3.63, 3.8) is 0 Å². The fourth-order valence-corrected chi connectivity index (χ4v) is 3.94. The van der Waals surface area contributed by atoms with Gasteiger partial charge in [-0.05, 0) is 6.42 Å². The van der Waals surface area contributed by atoms with Crippen LogP contribution in [0.3, 0.4) is 0 Å². The maximum Gasteiger partial charge on any atom is 0.500 e. The van der Waals surface area contributed by atoms with Crippen LogP contribution < -0.4 is 0 Å². The van der Waals surface area contributed by atoms with Crippen molar-refractivity contribution in [2.24, 2.45) is 5.92 Å². The van der Waals surface area contributed by atoms with Gasteiger partial charge in [0.25, 0.3) is 0 Å². The van der Waals surface area contributed by atoms with Gasteiger partial charge in [0.1, 0.15) is 0 Å². The van der Waals surface area contributed by atoms with E-state index in [0.717, 1.165) is 6.42 Å². The van der Waals surface area contributed by atoms with Gasteiger partial charge in [0.05, 0.1) is 0 Å². The van der Waals surface area contributed by atoms with Crippen molar-refractivity contribution in [3.05, 3.63) is 0 Å². The van der Waals surface area contributed by atoms with Crippen molar-refractivity contribution in [1.29, 1.82) is 0 Å². The summed E-state index contributed by atoms with van der Waals surface area (Å²) >= 11 is 0. The van der Waals surface area contributed by atoms with Crippen LogP contribution in [-0.2, 0) is 18.1 Å². The first-order chi connectivity index (χ1) is 8.60. The van der Waals surface area contributed by atoms with Gasteiger partial charge < -0.3 is 23.3 Å². The summed E-state index contributed by atoms with van der Waals surface area (Å²) in [5.41, 5.74) is 0. The number of hydrogen-bond donors (Lipinski definition) is 1. The smallest absolute Gasteiger partial charge is 0.396 e. The lowest BCUT2D eigenvalue weighted by Gasteiger charge is -2.25. The standard InChI is InChI=1S/C11H23NO5Si/c1-15-18(16-2,17-3)6-4-5-12-8-10(9-13)7-11(12)14/h10,13H,4-9H2,1-3H3. The first-order valence-corrected chi connectivity index (χ1v) is 8.08. The van der Waals surface area contributed by atoms with E-state index in [4.69, 9.17) is 18.4 Å². The van der Waals surface area contributed by atoms with Crippen LogP contribution in [0.4, 0.5) is 0 Å². The lowest BCUT2D eigenvalue weighted by atomic mass is 10.1. The third-order valence-corrected chi connectivity index (χ3v) is 6.23. The average molecular weight is 277 g/mol. The van der Waals surface area contributed by atoms with Crippen LogP contribution >= 0.6 is 0 Å². The lowest BCUT2D eigenvalue weighted by Crippen LogP contribution is -2.43. The van der Waals surface area contributed by atoms with Gasteiger partial charge in [0.2, 0.25) is 5.91 Å². The molecule has 6 nitrogen and oxygen atoms in total. The first kappa shape index (κ1) is 15.6. The monoisotopic (exact) mass is 277 g/mol. The third kappa shape index (κ3) is 3.76. The van der Waals surface area contributed by atoms with Crippen LogP contribution in [0.15, 0.2) is 0 Å². The molecule has 106 valence electrons. The molecule has 1 unspecified atom stereocenters. The van der Waals surface area contributed by atoms with Crippen LogP contribution in [0.1, 0.15) is 12.8 Å². The van der Waals surface area contributed by atoms with Crippen molar-refractivity contribution in [2.75, 3.05) is 41.0 Å². The fourth-order valence-electron chi connectivity index (χ4n) is 2.23. The summed E-state index contributed by atoms with van der Waals surface area (Å²) in [6.07, 6.45) is 1.24. The van der Waals surface area contributed by atoms with Gasteiger partial charge in [0.15, 0.2) is 0 Å². The lowest BCUT2D eigenvalue weighted by molar-refractivity contribution is -0.127. The van der Waals surface area contributed by atoms with E-state index in [1.807, 2.05) is 0 Å². The molecular formula is C11H23NO5Si. The number of hydrogen-bond acceptors (Lipinski definition) is 5. The van der Waals surface area contributed by atoms with E-state index in [1.165, 1.54) is 0 Å². The first-order valence-electron chi connectivity index (χ1n) is 6.15. The average Bonchev–Trinajstić information content (AvgIpc) is 2.76. The Balaban J connectivity index is 2.35. The van der Waals surface area contributed by atoms with Crippen molar-refractivity contribution in [1.82, 2.24) is 4.90 Å². The predicted molar refractivity (Wildman–Crippen MR) is 68.0 cm³/mol. The van der Waals surface area contributed by atoms with Gasteiger partial charge in [-0.2, -0.15) is 0 Å². The van der Waals surface area contributed by atoms with Gasteiger partial charge >= 0.3 is 8.80 Å². The molecule has 1 rings (SSSR count). The van der Waals surface area contributed by atoms with Crippen LogP contribution in [0, 0.1) is 5.92 Å². The van der Waals surface area contributed by atoms with E-state index in [9.17, 15) is 4.79 Å². The summed E-state index contributed by atoms with van der Waals surface area (Å²) in [6.45, 7) is 1.39. The second-order valence-electron chi connectivity index (χ2n) is 4.49. The highest BCUT2D eigenvalue weighted by molar-refractivity contribution is 6.60. The highest BCUT2D eigenvalue weighted by Gasteiger charge is 2.37. The molecule has 7 heteroatoms. The van der Waals surface area contributed by atoms with Crippen molar-refractivity contribution >= 4 is 14.7 Å². The molecule has 0 aromatic heterocycles. The van der Waals surface area contributed by atoms with Crippen LogP contribution in [0.5, 0.6) is 0 Å². The Morgan fingerprint density at radius 2 is 1.94 bits per heavy atom.